The lowest BCUT2D eigenvalue weighted by Crippen LogP contribution is -2.46. The molecule has 0 unspecified atom stereocenters. The molecular formula is C17H22N2O4S3. The predicted octanol–water partition coefficient (Wildman–Crippen LogP) is 1.88. The van der Waals surface area contributed by atoms with Gasteiger partial charge < -0.3 is 4.90 Å². The zero-order chi connectivity index (χ0) is 18.9. The van der Waals surface area contributed by atoms with Gasteiger partial charge >= 0.3 is 0 Å². The smallest absolute Gasteiger partial charge is 0.177 e. The fourth-order valence-electron chi connectivity index (χ4n) is 3.05. The Hall–Kier alpha value is -1.42. The fraction of sp³-hybridized carbons (Fsp3) is 0.412. The summed E-state index contributed by atoms with van der Waals surface area (Å²) < 4.78 is 48.0. The van der Waals surface area contributed by atoms with E-state index in [0.29, 0.717) is 18.8 Å². The highest BCUT2D eigenvalue weighted by Gasteiger charge is 2.24. The molecule has 1 aromatic heterocycles. The Bertz CT molecular complexity index is 975. The maximum absolute atomic E-state index is 12.2. The molecule has 9 heteroatoms. The second-order valence-corrected chi connectivity index (χ2v) is 11.5. The minimum Gasteiger partial charge on any atom is -0.368 e. The summed E-state index contributed by atoms with van der Waals surface area (Å²) in [6.45, 7) is 3.96. The van der Waals surface area contributed by atoms with Crippen LogP contribution in [0.3, 0.4) is 0 Å². The number of hydrogen-bond donors (Lipinski definition) is 0. The van der Waals surface area contributed by atoms with Crippen LogP contribution in [-0.2, 0) is 26.2 Å². The fourth-order valence-corrected chi connectivity index (χ4v) is 5.44. The van der Waals surface area contributed by atoms with E-state index in [4.69, 9.17) is 0 Å². The summed E-state index contributed by atoms with van der Waals surface area (Å²) in [6, 6.07) is 8.53. The van der Waals surface area contributed by atoms with E-state index in [1.54, 1.807) is 17.4 Å². The molecule has 0 saturated carbocycles. The van der Waals surface area contributed by atoms with Crippen molar-refractivity contribution >= 4 is 36.7 Å². The van der Waals surface area contributed by atoms with Crippen LogP contribution in [0.2, 0.25) is 0 Å². The molecule has 3 rings (SSSR count). The molecular weight excluding hydrogens is 392 g/mol. The Morgan fingerprint density at radius 1 is 0.962 bits per heavy atom. The van der Waals surface area contributed by atoms with Gasteiger partial charge in [-0.2, -0.15) is 0 Å². The number of hydrogen-bond acceptors (Lipinski definition) is 7. The third-order valence-corrected chi connectivity index (χ3v) is 7.53. The van der Waals surface area contributed by atoms with E-state index in [2.05, 4.69) is 16.3 Å². The molecule has 0 N–H and O–H groups in total. The zero-order valence-electron chi connectivity index (χ0n) is 14.8. The summed E-state index contributed by atoms with van der Waals surface area (Å²) in [4.78, 5) is 5.78. The van der Waals surface area contributed by atoms with Crippen molar-refractivity contribution in [2.75, 3.05) is 43.6 Å². The molecule has 6 nitrogen and oxygen atoms in total. The van der Waals surface area contributed by atoms with E-state index < -0.39 is 19.7 Å². The average molecular weight is 415 g/mol. The molecule has 0 radical (unpaired) electrons. The molecule has 2 heterocycles. The van der Waals surface area contributed by atoms with Gasteiger partial charge in [0.2, 0.25) is 0 Å². The van der Waals surface area contributed by atoms with Crippen LogP contribution in [0.4, 0.5) is 5.69 Å². The molecule has 2 aromatic rings. The highest BCUT2D eigenvalue weighted by Crippen LogP contribution is 2.29. The number of nitrogens with zero attached hydrogens (tertiary/aromatic N) is 2. The van der Waals surface area contributed by atoms with Gasteiger partial charge in [0.25, 0.3) is 0 Å². The van der Waals surface area contributed by atoms with Crippen LogP contribution in [0.1, 0.15) is 4.88 Å². The SMILES string of the molecule is CS(=O)(=O)c1ccc(N2CCN(Cc3cccs3)CC2)c(S(C)(=O)=O)c1. The predicted molar refractivity (Wildman–Crippen MR) is 104 cm³/mol. The molecule has 1 fully saturated rings. The van der Waals surface area contributed by atoms with Crippen LogP contribution in [0.15, 0.2) is 45.5 Å². The standard InChI is InChI=1S/C17H22N2O4S3/c1-25(20,21)15-5-6-16(17(12-15)26(2,22)23)19-9-7-18(8-10-19)13-14-4-3-11-24-14/h3-6,11-12H,7-10,13H2,1-2H3. The number of rotatable bonds is 5. The molecule has 0 aliphatic carbocycles. The van der Waals surface area contributed by atoms with Crippen LogP contribution in [0, 0.1) is 0 Å². The summed E-state index contributed by atoms with van der Waals surface area (Å²) >= 11 is 1.73. The summed E-state index contributed by atoms with van der Waals surface area (Å²) in [5, 5.41) is 2.06. The number of sulfone groups is 2. The highest BCUT2D eigenvalue weighted by atomic mass is 32.2. The van der Waals surface area contributed by atoms with Crippen LogP contribution >= 0.6 is 11.3 Å². The number of thiophene rings is 1. The van der Waals surface area contributed by atoms with Crippen molar-refractivity contribution in [3.63, 3.8) is 0 Å². The lowest BCUT2D eigenvalue weighted by Gasteiger charge is -2.36. The lowest BCUT2D eigenvalue weighted by molar-refractivity contribution is 0.251. The summed E-state index contributed by atoms with van der Waals surface area (Å²) in [7, 11) is -7.00. The average Bonchev–Trinajstić information content (AvgIpc) is 3.06. The minimum atomic E-state index is -3.54. The van der Waals surface area contributed by atoms with Crippen molar-refractivity contribution < 1.29 is 16.8 Å². The van der Waals surface area contributed by atoms with Crippen LogP contribution in [-0.4, -0.2) is 60.4 Å². The number of benzene rings is 1. The number of piperazine rings is 1. The Labute approximate surface area is 158 Å². The second kappa shape index (κ2) is 7.30. The minimum absolute atomic E-state index is 0.0259. The molecule has 0 bridgehead atoms. The van der Waals surface area contributed by atoms with E-state index in [9.17, 15) is 16.8 Å². The van der Waals surface area contributed by atoms with Crippen LogP contribution in [0.25, 0.3) is 0 Å². The van der Waals surface area contributed by atoms with Gasteiger partial charge in [-0.15, -0.1) is 11.3 Å². The highest BCUT2D eigenvalue weighted by molar-refractivity contribution is 7.91. The molecule has 0 spiro atoms. The topological polar surface area (TPSA) is 74.8 Å². The molecule has 26 heavy (non-hydrogen) atoms. The lowest BCUT2D eigenvalue weighted by atomic mass is 10.2. The summed E-state index contributed by atoms with van der Waals surface area (Å²) in [5.74, 6) is 0. The Balaban J connectivity index is 1.81. The van der Waals surface area contributed by atoms with E-state index in [1.165, 1.54) is 17.0 Å². The van der Waals surface area contributed by atoms with Crippen LogP contribution in [0.5, 0.6) is 0 Å². The Morgan fingerprint density at radius 3 is 2.19 bits per heavy atom. The van der Waals surface area contributed by atoms with Crippen molar-refractivity contribution in [2.45, 2.75) is 16.3 Å². The third kappa shape index (κ3) is 4.46. The van der Waals surface area contributed by atoms with Crippen molar-refractivity contribution in [1.29, 1.82) is 0 Å². The van der Waals surface area contributed by atoms with Crippen molar-refractivity contribution in [3.05, 3.63) is 40.6 Å². The van der Waals surface area contributed by atoms with Gasteiger partial charge in [-0.3, -0.25) is 4.90 Å². The Kier molecular flexibility index (Phi) is 5.43. The Morgan fingerprint density at radius 2 is 1.65 bits per heavy atom. The van der Waals surface area contributed by atoms with Gasteiger partial charge in [0.05, 0.1) is 15.5 Å². The second-order valence-electron chi connectivity index (χ2n) is 6.52. The monoisotopic (exact) mass is 414 g/mol. The van der Waals surface area contributed by atoms with Crippen molar-refractivity contribution in [2.24, 2.45) is 0 Å². The van der Waals surface area contributed by atoms with E-state index in [0.717, 1.165) is 32.1 Å². The molecule has 1 aliphatic heterocycles. The first-order chi connectivity index (χ1) is 12.1. The molecule has 1 aliphatic rings. The van der Waals surface area contributed by atoms with Gasteiger partial charge in [0.15, 0.2) is 19.7 Å². The van der Waals surface area contributed by atoms with E-state index in [-0.39, 0.29) is 9.79 Å². The third-order valence-electron chi connectivity index (χ3n) is 4.43. The first kappa shape index (κ1) is 19.3. The number of anilines is 1. The quantitative estimate of drug-likeness (QED) is 0.744. The molecule has 1 saturated heterocycles. The maximum atomic E-state index is 12.2. The molecule has 142 valence electrons. The van der Waals surface area contributed by atoms with E-state index >= 15 is 0 Å². The van der Waals surface area contributed by atoms with E-state index in [1.807, 2.05) is 11.0 Å². The van der Waals surface area contributed by atoms with Crippen molar-refractivity contribution in [1.82, 2.24) is 4.90 Å². The van der Waals surface area contributed by atoms with Crippen molar-refractivity contribution in [3.8, 4) is 0 Å². The summed E-state index contributed by atoms with van der Waals surface area (Å²) in [6.07, 6.45) is 2.20. The first-order valence-corrected chi connectivity index (χ1v) is 12.8. The molecule has 1 aromatic carbocycles. The molecule has 0 amide bonds. The molecule has 0 atom stereocenters. The van der Waals surface area contributed by atoms with Gasteiger partial charge in [-0.25, -0.2) is 16.8 Å². The van der Waals surface area contributed by atoms with Crippen LogP contribution < -0.4 is 4.90 Å². The maximum Gasteiger partial charge on any atom is 0.177 e. The van der Waals surface area contributed by atoms with Gasteiger partial charge in [-0.1, -0.05) is 6.07 Å². The van der Waals surface area contributed by atoms with Gasteiger partial charge in [-0.05, 0) is 29.6 Å². The normalized spacial score (nSPS) is 16.8. The largest absolute Gasteiger partial charge is 0.368 e. The first-order valence-electron chi connectivity index (χ1n) is 8.18. The summed E-state index contributed by atoms with van der Waals surface area (Å²) in [5.41, 5.74) is 0.579. The zero-order valence-corrected chi connectivity index (χ0v) is 17.2. The van der Waals surface area contributed by atoms with Gasteiger partial charge in [0.1, 0.15) is 0 Å². The van der Waals surface area contributed by atoms with Gasteiger partial charge in [0, 0.05) is 50.1 Å².